The normalized spacial score (nSPS) is 10.7. The predicted octanol–water partition coefficient (Wildman–Crippen LogP) is 4.65. The summed E-state index contributed by atoms with van der Waals surface area (Å²) >= 11 is 3.37. The maximum absolute atomic E-state index is 10.5. The van der Waals surface area contributed by atoms with Gasteiger partial charge >= 0.3 is 5.97 Å². The third-order valence-corrected chi connectivity index (χ3v) is 3.20. The molecule has 0 heterocycles. The fraction of sp³-hybridized carbons (Fsp3) is 0.0625. The van der Waals surface area contributed by atoms with Gasteiger partial charge < -0.3 is 9.84 Å². The smallest absolute Gasteiger partial charge is 0.328 e. The zero-order valence-electron chi connectivity index (χ0n) is 10.8. The molecule has 1 N–H and O–H groups in total. The van der Waals surface area contributed by atoms with E-state index in [1.165, 1.54) is 6.08 Å². The second-order valence-corrected chi connectivity index (χ2v) is 5.17. The van der Waals surface area contributed by atoms with Crippen LogP contribution in [-0.4, -0.2) is 11.1 Å². The van der Waals surface area contributed by atoms with Crippen LogP contribution in [0, 0.1) is 6.92 Å². The van der Waals surface area contributed by atoms with Gasteiger partial charge in [-0.1, -0.05) is 28.1 Å². The van der Waals surface area contributed by atoms with E-state index in [-0.39, 0.29) is 0 Å². The molecule has 0 aliphatic heterocycles. The van der Waals surface area contributed by atoms with E-state index < -0.39 is 5.97 Å². The second-order valence-electron chi connectivity index (χ2n) is 4.25. The van der Waals surface area contributed by atoms with Crippen molar-refractivity contribution in [1.29, 1.82) is 0 Å². The molecule has 0 radical (unpaired) electrons. The third-order valence-electron chi connectivity index (χ3n) is 2.67. The first kappa shape index (κ1) is 14.3. The number of carbonyl (C=O) groups is 1. The van der Waals surface area contributed by atoms with E-state index in [4.69, 9.17) is 9.84 Å². The Morgan fingerprint density at radius 1 is 1.20 bits per heavy atom. The molecule has 3 nitrogen and oxygen atoms in total. The Balaban J connectivity index is 2.24. The molecule has 4 heteroatoms. The first-order chi connectivity index (χ1) is 9.54. The van der Waals surface area contributed by atoms with Crippen LogP contribution in [0.15, 0.2) is 53.0 Å². The summed E-state index contributed by atoms with van der Waals surface area (Å²) in [5.41, 5.74) is 1.77. The molecule has 2 aromatic carbocycles. The average molecular weight is 333 g/mol. The number of aliphatic carboxylic acids is 1. The van der Waals surface area contributed by atoms with E-state index in [1.54, 1.807) is 0 Å². The van der Waals surface area contributed by atoms with Crippen molar-refractivity contribution in [3.05, 3.63) is 64.1 Å². The highest BCUT2D eigenvalue weighted by Gasteiger charge is 2.03. The molecular formula is C16H13BrO3. The standard InChI is InChI=1S/C16H13BrO3/c1-11-2-3-12(4-9-16(18)19)10-15(11)20-14-7-5-13(17)6-8-14/h2-10H,1H3,(H,18,19)/b9-4+. The number of halogens is 1. The molecule has 0 amide bonds. The Bertz CT molecular complexity index is 645. The number of rotatable bonds is 4. The number of aryl methyl sites for hydroxylation is 1. The molecule has 2 rings (SSSR count). The Kier molecular flexibility index (Phi) is 4.58. The lowest BCUT2D eigenvalue weighted by atomic mass is 10.1. The highest BCUT2D eigenvalue weighted by Crippen LogP contribution is 2.27. The van der Waals surface area contributed by atoms with Gasteiger partial charge in [0.15, 0.2) is 0 Å². The van der Waals surface area contributed by atoms with Crippen molar-refractivity contribution >= 4 is 28.0 Å². The number of benzene rings is 2. The van der Waals surface area contributed by atoms with E-state index in [9.17, 15) is 4.79 Å². The average Bonchev–Trinajstić information content (AvgIpc) is 2.42. The van der Waals surface area contributed by atoms with Gasteiger partial charge in [-0.25, -0.2) is 4.79 Å². The van der Waals surface area contributed by atoms with Gasteiger partial charge in [-0.05, 0) is 54.5 Å². The van der Waals surface area contributed by atoms with Crippen molar-refractivity contribution in [1.82, 2.24) is 0 Å². The summed E-state index contributed by atoms with van der Waals surface area (Å²) in [6.07, 6.45) is 2.64. The summed E-state index contributed by atoms with van der Waals surface area (Å²) in [6.45, 7) is 1.94. The zero-order chi connectivity index (χ0) is 14.5. The lowest BCUT2D eigenvalue weighted by Gasteiger charge is -2.09. The molecule has 0 spiro atoms. The lowest BCUT2D eigenvalue weighted by Crippen LogP contribution is -1.89. The summed E-state index contributed by atoms with van der Waals surface area (Å²) in [4.78, 5) is 10.5. The van der Waals surface area contributed by atoms with Gasteiger partial charge in [-0.15, -0.1) is 0 Å². The molecule has 0 atom stereocenters. The van der Waals surface area contributed by atoms with E-state index in [2.05, 4.69) is 15.9 Å². The number of carboxylic acid groups (broad SMARTS) is 1. The summed E-state index contributed by atoms with van der Waals surface area (Å²) in [7, 11) is 0. The molecule has 0 aliphatic rings. The molecule has 0 saturated carbocycles. The monoisotopic (exact) mass is 332 g/mol. The summed E-state index contributed by atoms with van der Waals surface area (Å²) in [5.74, 6) is 0.469. The molecule has 0 aromatic heterocycles. The van der Waals surface area contributed by atoms with Crippen LogP contribution in [0.4, 0.5) is 0 Å². The third kappa shape index (κ3) is 3.96. The summed E-state index contributed by atoms with van der Waals surface area (Å²) in [6, 6.07) is 13.1. The Morgan fingerprint density at radius 3 is 2.55 bits per heavy atom. The quantitative estimate of drug-likeness (QED) is 0.829. The van der Waals surface area contributed by atoms with Gasteiger partial charge in [-0.2, -0.15) is 0 Å². The number of hydrogen-bond acceptors (Lipinski definition) is 2. The molecular weight excluding hydrogens is 320 g/mol. The molecule has 0 unspecified atom stereocenters. The lowest BCUT2D eigenvalue weighted by molar-refractivity contribution is -0.131. The molecule has 0 fully saturated rings. The largest absolute Gasteiger partial charge is 0.478 e. The number of ether oxygens (including phenoxy) is 1. The summed E-state index contributed by atoms with van der Waals surface area (Å²) in [5, 5.41) is 8.64. The Morgan fingerprint density at radius 2 is 1.90 bits per heavy atom. The topological polar surface area (TPSA) is 46.5 Å². The molecule has 20 heavy (non-hydrogen) atoms. The minimum atomic E-state index is -0.971. The molecule has 2 aromatic rings. The molecule has 0 aliphatic carbocycles. The van der Waals surface area contributed by atoms with Gasteiger partial charge in [0, 0.05) is 10.5 Å². The van der Waals surface area contributed by atoms with Crippen LogP contribution in [-0.2, 0) is 4.79 Å². The Hall–Kier alpha value is -2.07. The van der Waals surface area contributed by atoms with Crippen LogP contribution in [0.2, 0.25) is 0 Å². The highest BCUT2D eigenvalue weighted by atomic mass is 79.9. The molecule has 0 bridgehead atoms. The number of carboxylic acids is 1. The SMILES string of the molecule is Cc1ccc(/C=C/C(=O)O)cc1Oc1ccc(Br)cc1. The first-order valence-corrected chi connectivity index (χ1v) is 6.79. The van der Waals surface area contributed by atoms with Crippen LogP contribution in [0.1, 0.15) is 11.1 Å². The number of hydrogen-bond donors (Lipinski definition) is 1. The van der Waals surface area contributed by atoms with Crippen LogP contribution in [0.5, 0.6) is 11.5 Å². The Labute approximate surface area is 125 Å². The first-order valence-electron chi connectivity index (χ1n) is 6.00. The van der Waals surface area contributed by atoms with E-state index >= 15 is 0 Å². The van der Waals surface area contributed by atoms with Crippen molar-refractivity contribution in [3.63, 3.8) is 0 Å². The van der Waals surface area contributed by atoms with Crippen molar-refractivity contribution in [2.24, 2.45) is 0 Å². The maximum atomic E-state index is 10.5. The minimum absolute atomic E-state index is 0.708. The predicted molar refractivity (Wildman–Crippen MR) is 82.1 cm³/mol. The van der Waals surface area contributed by atoms with Gasteiger partial charge in [0.1, 0.15) is 11.5 Å². The second kappa shape index (κ2) is 6.39. The van der Waals surface area contributed by atoms with Crippen LogP contribution in [0.25, 0.3) is 6.08 Å². The van der Waals surface area contributed by atoms with Gasteiger partial charge in [0.25, 0.3) is 0 Å². The van der Waals surface area contributed by atoms with Crippen molar-refractivity contribution in [3.8, 4) is 11.5 Å². The minimum Gasteiger partial charge on any atom is -0.478 e. The van der Waals surface area contributed by atoms with Crippen molar-refractivity contribution < 1.29 is 14.6 Å². The van der Waals surface area contributed by atoms with Crippen LogP contribution < -0.4 is 4.74 Å². The molecule has 0 saturated heterocycles. The fourth-order valence-electron chi connectivity index (χ4n) is 1.63. The van der Waals surface area contributed by atoms with E-state index in [0.29, 0.717) is 5.75 Å². The van der Waals surface area contributed by atoms with Crippen LogP contribution in [0.3, 0.4) is 0 Å². The van der Waals surface area contributed by atoms with Crippen molar-refractivity contribution in [2.75, 3.05) is 0 Å². The van der Waals surface area contributed by atoms with E-state index in [0.717, 1.165) is 27.4 Å². The van der Waals surface area contributed by atoms with Gasteiger partial charge in [-0.3, -0.25) is 0 Å². The van der Waals surface area contributed by atoms with Crippen LogP contribution >= 0.6 is 15.9 Å². The fourth-order valence-corrected chi connectivity index (χ4v) is 1.89. The van der Waals surface area contributed by atoms with Gasteiger partial charge in [0.2, 0.25) is 0 Å². The zero-order valence-corrected chi connectivity index (χ0v) is 12.4. The summed E-state index contributed by atoms with van der Waals surface area (Å²) < 4.78 is 6.80. The molecule has 102 valence electrons. The van der Waals surface area contributed by atoms with E-state index in [1.807, 2.05) is 49.4 Å². The highest BCUT2D eigenvalue weighted by molar-refractivity contribution is 9.10. The van der Waals surface area contributed by atoms with Crippen molar-refractivity contribution in [2.45, 2.75) is 6.92 Å². The van der Waals surface area contributed by atoms with Gasteiger partial charge in [0.05, 0.1) is 0 Å². The maximum Gasteiger partial charge on any atom is 0.328 e.